The first-order chi connectivity index (χ1) is 32.7. The van der Waals surface area contributed by atoms with Gasteiger partial charge in [-0.15, -0.1) is 11.3 Å². The highest BCUT2D eigenvalue weighted by Gasteiger charge is 2.26. The van der Waals surface area contributed by atoms with E-state index in [-0.39, 0.29) is 0 Å². The molecule has 5 aromatic heterocycles. The normalized spacial score (nSPS) is 12.2. The summed E-state index contributed by atoms with van der Waals surface area (Å²) in [6.07, 6.45) is 0. The minimum atomic E-state index is 0.546. The van der Waals surface area contributed by atoms with Gasteiger partial charge in [0, 0.05) is 63.6 Å². The summed E-state index contributed by atoms with van der Waals surface area (Å²) < 4.78 is 14.1. The van der Waals surface area contributed by atoms with Gasteiger partial charge in [-0.05, 0) is 89.0 Å². The van der Waals surface area contributed by atoms with E-state index in [9.17, 15) is 0 Å². The first kappa shape index (κ1) is 35.8. The van der Waals surface area contributed by atoms with Crippen molar-refractivity contribution in [1.82, 2.24) is 24.1 Å². The topological polar surface area (TPSA) is 61.7 Å². The Balaban J connectivity index is 1.11. The molecule has 0 aliphatic rings. The lowest BCUT2D eigenvalue weighted by molar-refractivity contribution is 0.672. The fourth-order valence-electron chi connectivity index (χ4n) is 10.6. The molecular weight excluding hydrogens is 827 g/mol. The second kappa shape index (κ2) is 13.4. The molecule has 0 aliphatic carbocycles. The van der Waals surface area contributed by atoms with E-state index in [1.54, 1.807) is 11.3 Å². The zero-order chi connectivity index (χ0) is 43.0. The molecule has 15 rings (SSSR count). The van der Waals surface area contributed by atoms with E-state index < -0.39 is 0 Å². The lowest BCUT2D eigenvalue weighted by atomic mass is 10.0. The lowest BCUT2D eigenvalue weighted by Gasteiger charge is -2.17. The summed E-state index contributed by atoms with van der Waals surface area (Å²) >= 11 is 1.81. The molecule has 0 spiro atoms. The van der Waals surface area contributed by atoms with Gasteiger partial charge < -0.3 is 8.98 Å². The Labute approximate surface area is 379 Å². The number of aromatic nitrogens is 5. The minimum absolute atomic E-state index is 0.546. The summed E-state index contributed by atoms with van der Waals surface area (Å²) in [4.78, 5) is 16.5. The predicted octanol–water partition coefficient (Wildman–Crippen LogP) is 16.0. The molecule has 0 radical (unpaired) electrons. The number of hydrogen-bond acceptors (Lipinski definition) is 5. The van der Waals surface area contributed by atoms with Crippen molar-refractivity contribution in [3.05, 3.63) is 200 Å². The molecule has 306 valence electrons. The van der Waals surface area contributed by atoms with E-state index >= 15 is 0 Å². The molecular formula is C59H33N5OS. The van der Waals surface area contributed by atoms with Gasteiger partial charge in [0.25, 0.3) is 0 Å². The predicted molar refractivity (Wildman–Crippen MR) is 275 cm³/mol. The van der Waals surface area contributed by atoms with Crippen molar-refractivity contribution in [3.63, 3.8) is 0 Å². The van der Waals surface area contributed by atoms with Crippen LogP contribution < -0.4 is 0 Å². The quantitative estimate of drug-likeness (QED) is 0.177. The van der Waals surface area contributed by atoms with Gasteiger partial charge in [0.15, 0.2) is 11.6 Å². The van der Waals surface area contributed by atoms with Gasteiger partial charge in [-0.1, -0.05) is 127 Å². The van der Waals surface area contributed by atoms with Crippen molar-refractivity contribution in [2.75, 3.05) is 0 Å². The third-order valence-corrected chi connectivity index (χ3v) is 14.7. The Morgan fingerprint density at radius 1 is 0.379 bits per heavy atom. The molecule has 0 unspecified atom stereocenters. The fourth-order valence-corrected chi connectivity index (χ4v) is 11.7. The number of hydrogen-bond donors (Lipinski definition) is 0. The summed E-state index contributed by atoms with van der Waals surface area (Å²) in [6.45, 7) is 0. The minimum Gasteiger partial charge on any atom is -0.455 e. The van der Waals surface area contributed by atoms with E-state index in [4.69, 9.17) is 19.4 Å². The Hall–Kier alpha value is -8.65. The molecule has 0 amide bonds. The lowest BCUT2D eigenvalue weighted by Crippen LogP contribution is -2.08. The van der Waals surface area contributed by atoms with Crippen LogP contribution in [-0.4, -0.2) is 24.1 Å². The molecule has 0 saturated carbocycles. The van der Waals surface area contributed by atoms with Crippen LogP contribution in [0, 0.1) is 0 Å². The molecule has 0 N–H and O–H groups in total. The van der Waals surface area contributed by atoms with Crippen molar-refractivity contribution in [3.8, 4) is 34.4 Å². The van der Waals surface area contributed by atoms with Crippen LogP contribution in [-0.2, 0) is 0 Å². The average Bonchev–Trinajstić information content (AvgIpc) is 4.13. The largest absolute Gasteiger partial charge is 0.455 e. The number of rotatable bonds is 4. The molecule has 0 fully saturated rings. The first-order valence-electron chi connectivity index (χ1n) is 22.2. The molecule has 0 aliphatic heterocycles. The van der Waals surface area contributed by atoms with Crippen LogP contribution in [0.5, 0.6) is 0 Å². The van der Waals surface area contributed by atoms with Gasteiger partial charge in [0.05, 0.1) is 33.1 Å². The number of para-hydroxylation sites is 3. The second-order valence-electron chi connectivity index (χ2n) is 17.1. The Morgan fingerprint density at radius 2 is 0.985 bits per heavy atom. The smallest absolute Gasteiger partial charge is 0.238 e. The number of furan rings is 1. The molecule has 0 saturated heterocycles. The molecule has 0 bridgehead atoms. The fraction of sp³-hybridized carbons (Fsp3) is 0. The van der Waals surface area contributed by atoms with Crippen molar-refractivity contribution in [2.24, 2.45) is 0 Å². The highest BCUT2D eigenvalue weighted by molar-refractivity contribution is 7.25. The van der Waals surface area contributed by atoms with Crippen LogP contribution in [0.3, 0.4) is 0 Å². The standard InChI is InChI=1S/C59H33N5OS/c1-2-15-36-33-50-45(31-35(36)14-1)41-19-7-9-21-47(41)63(50)55-44(28-29-51-54(55)43-27-25-34-13-3-4-16-38(34)56(43)65-51)58-60-57(37-26-30-53-46(32-37)42-20-8-12-24-52(42)66-53)61-59(62-58)64-48-22-10-5-17-39(48)40-18-6-11-23-49(40)64/h1-33H. The number of nitrogens with zero attached hydrogens (tertiary/aromatic N) is 5. The van der Waals surface area contributed by atoms with Crippen LogP contribution in [0.25, 0.3) is 142 Å². The van der Waals surface area contributed by atoms with Gasteiger partial charge in [-0.25, -0.2) is 4.98 Å². The summed E-state index contributed by atoms with van der Waals surface area (Å²) in [5.74, 6) is 1.70. The Morgan fingerprint density at radius 3 is 1.76 bits per heavy atom. The van der Waals surface area contributed by atoms with E-state index in [1.807, 2.05) is 0 Å². The number of fused-ring (bicyclic) bond motifs is 15. The average molecular weight is 860 g/mol. The first-order valence-corrected chi connectivity index (χ1v) is 23.0. The number of benzene rings is 10. The van der Waals surface area contributed by atoms with Crippen molar-refractivity contribution < 1.29 is 4.42 Å². The van der Waals surface area contributed by atoms with Gasteiger partial charge in [-0.3, -0.25) is 4.57 Å². The monoisotopic (exact) mass is 859 g/mol. The third-order valence-electron chi connectivity index (χ3n) is 13.5. The third kappa shape index (κ3) is 5.03. The Kier molecular flexibility index (Phi) is 7.28. The summed E-state index contributed by atoms with van der Waals surface area (Å²) in [7, 11) is 0. The van der Waals surface area contributed by atoms with Crippen LogP contribution in [0.2, 0.25) is 0 Å². The maximum atomic E-state index is 6.96. The van der Waals surface area contributed by atoms with Gasteiger partial charge >= 0.3 is 0 Å². The van der Waals surface area contributed by atoms with Crippen molar-refractivity contribution in [1.29, 1.82) is 0 Å². The van der Waals surface area contributed by atoms with E-state index in [2.05, 4.69) is 209 Å². The van der Waals surface area contributed by atoms with Crippen LogP contribution in [0.1, 0.15) is 0 Å². The molecule has 66 heavy (non-hydrogen) atoms. The highest BCUT2D eigenvalue weighted by Crippen LogP contribution is 2.46. The van der Waals surface area contributed by atoms with Gasteiger partial charge in [-0.2, -0.15) is 9.97 Å². The van der Waals surface area contributed by atoms with Crippen LogP contribution >= 0.6 is 11.3 Å². The second-order valence-corrected chi connectivity index (χ2v) is 18.2. The maximum absolute atomic E-state index is 6.96. The van der Waals surface area contributed by atoms with E-state index in [1.165, 1.54) is 36.3 Å². The summed E-state index contributed by atoms with van der Waals surface area (Å²) in [5.41, 5.74) is 8.60. The molecule has 15 aromatic rings. The summed E-state index contributed by atoms with van der Waals surface area (Å²) in [5, 5.41) is 13.6. The van der Waals surface area contributed by atoms with Crippen LogP contribution in [0.15, 0.2) is 205 Å². The van der Waals surface area contributed by atoms with Crippen molar-refractivity contribution in [2.45, 2.75) is 0 Å². The molecule has 0 atom stereocenters. The van der Waals surface area contributed by atoms with Gasteiger partial charge in [0.1, 0.15) is 11.2 Å². The molecule has 7 heteroatoms. The van der Waals surface area contributed by atoms with Crippen molar-refractivity contribution >= 4 is 119 Å². The molecule has 10 aromatic carbocycles. The zero-order valence-corrected chi connectivity index (χ0v) is 35.9. The highest BCUT2D eigenvalue weighted by atomic mass is 32.1. The molecule has 6 nitrogen and oxygen atoms in total. The SMILES string of the molecule is c1ccc2cc3c(cc2c1)c1ccccc1n3-c1c(-c2nc(-c3ccc4sc5ccccc5c4c3)nc(-n3c4ccccc4c4ccccc43)n2)ccc2oc3c4ccccc4ccc3c12. The maximum Gasteiger partial charge on any atom is 0.238 e. The zero-order valence-electron chi connectivity index (χ0n) is 35.1. The number of thiophene rings is 1. The van der Waals surface area contributed by atoms with E-state index in [0.717, 1.165) is 87.8 Å². The molecule has 5 heterocycles. The van der Waals surface area contributed by atoms with Gasteiger partial charge in [0.2, 0.25) is 5.95 Å². The van der Waals surface area contributed by atoms with Crippen LogP contribution in [0.4, 0.5) is 0 Å². The summed E-state index contributed by atoms with van der Waals surface area (Å²) in [6, 6.07) is 71.4. The van der Waals surface area contributed by atoms with E-state index in [0.29, 0.717) is 17.6 Å². The Bertz CT molecular complexity index is 4500.